The fraction of sp³-hybridized carbons (Fsp3) is 0.667. The lowest BCUT2D eigenvalue weighted by Gasteiger charge is -2.17. The van der Waals surface area contributed by atoms with E-state index in [1.165, 1.54) is 32.1 Å². The standard InChI is InChI=1S/C15H23N5O/c1-3-16-12-10-13(21-4-2)17-15-18-14(19-20(12)15)11-8-6-5-7-9-11/h10-11,16H,3-9H2,1-2H3. The van der Waals surface area contributed by atoms with Gasteiger partial charge < -0.3 is 10.1 Å². The van der Waals surface area contributed by atoms with Gasteiger partial charge in [0.25, 0.3) is 5.78 Å². The van der Waals surface area contributed by atoms with Crippen molar-refractivity contribution in [1.29, 1.82) is 0 Å². The summed E-state index contributed by atoms with van der Waals surface area (Å²) in [6.45, 7) is 5.43. The zero-order valence-corrected chi connectivity index (χ0v) is 12.8. The van der Waals surface area contributed by atoms with Gasteiger partial charge in [0.05, 0.1) is 6.61 Å². The molecule has 1 fully saturated rings. The quantitative estimate of drug-likeness (QED) is 0.916. The summed E-state index contributed by atoms with van der Waals surface area (Å²) in [7, 11) is 0. The minimum atomic E-state index is 0.477. The van der Waals surface area contributed by atoms with E-state index in [0.29, 0.717) is 24.2 Å². The minimum absolute atomic E-state index is 0.477. The Morgan fingerprint density at radius 1 is 1.24 bits per heavy atom. The molecule has 1 aliphatic carbocycles. The highest BCUT2D eigenvalue weighted by Crippen LogP contribution is 2.31. The van der Waals surface area contributed by atoms with E-state index in [0.717, 1.165) is 18.2 Å². The van der Waals surface area contributed by atoms with Crippen LogP contribution in [0.4, 0.5) is 5.82 Å². The first kappa shape index (κ1) is 14.1. The monoisotopic (exact) mass is 289 g/mol. The number of anilines is 1. The largest absolute Gasteiger partial charge is 0.478 e. The fourth-order valence-electron chi connectivity index (χ4n) is 2.92. The van der Waals surface area contributed by atoms with Gasteiger partial charge in [-0.15, -0.1) is 5.10 Å². The van der Waals surface area contributed by atoms with Gasteiger partial charge in [-0.2, -0.15) is 14.5 Å². The SMILES string of the molecule is CCNc1cc(OCC)nc2nc(C3CCCCC3)nn12. The first-order valence-corrected chi connectivity index (χ1v) is 7.96. The Morgan fingerprint density at radius 2 is 2.05 bits per heavy atom. The van der Waals surface area contributed by atoms with Crippen LogP contribution < -0.4 is 10.1 Å². The van der Waals surface area contributed by atoms with Gasteiger partial charge in [0, 0.05) is 18.5 Å². The topological polar surface area (TPSA) is 64.3 Å². The second kappa shape index (κ2) is 6.28. The maximum atomic E-state index is 5.52. The molecule has 114 valence electrons. The van der Waals surface area contributed by atoms with Gasteiger partial charge in [-0.3, -0.25) is 0 Å². The summed E-state index contributed by atoms with van der Waals surface area (Å²) in [6.07, 6.45) is 6.26. The molecule has 0 spiro atoms. The van der Waals surface area contributed by atoms with Gasteiger partial charge in [0.15, 0.2) is 5.82 Å². The summed E-state index contributed by atoms with van der Waals surface area (Å²) in [5, 5.41) is 7.99. The maximum absolute atomic E-state index is 5.52. The second-order valence-corrected chi connectivity index (χ2v) is 5.46. The molecular formula is C15H23N5O. The number of aromatic nitrogens is 4. The molecule has 0 bridgehead atoms. The summed E-state index contributed by atoms with van der Waals surface area (Å²) in [4.78, 5) is 9.09. The van der Waals surface area contributed by atoms with E-state index in [9.17, 15) is 0 Å². The van der Waals surface area contributed by atoms with Crippen LogP contribution in [0.3, 0.4) is 0 Å². The Bertz CT molecular complexity index is 603. The van der Waals surface area contributed by atoms with E-state index in [1.54, 1.807) is 4.52 Å². The number of hydrogen-bond acceptors (Lipinski definition) is 5. The molecule has 3 rings (SSSR count). The number of rotatable bonds is 5. The van der Waals surface area contributed by atoms with Crippen molar-refractivity contribution in [3.05, 3.63) is 11.9 Å². The Labute approximate surface area is 124 Å². The highest BCUT2D eigenvalue weighted by Gasteiger charge is 2.21. The van der Waals surface area contributed by atoms with Crippen LogP contribution in [0.15, 0.2) is 6.07 Å². The normalized spacial score (nSPS) is 16.3. The van der Waals surface area contributed by atoms with Gasteiger partial charge in [0.1, 0.15) is 5.82 Å². The van der Waals surface area contributed by atoms with Crippen molar-refractivity contribution in [3.63, 3.8) is 0 Å². The molecule has 1 aliphatic rings. The summed E-state index contributed by atoms with van der Waals surface area (Å²) in [6, 6.07) is 1.89. The van der Waals surface area contributed by atoms with Gasteiger partial charge in [-0.1, -0.05) is 19.3 Å². The van der Waals surface area contributed by atoms with Crippen molar-refractivity contribution in [1.82, 2.24) is 19.6 Å². The third kappa shape index (κ3) is 2.94. The van der Waals surface area contributed by atoms with Gasteiger partial charge in [-0.05, 0) is 26.7 Å². The zero-order valence-electron chi connectivity index (χ0n) is 12.8. The van der Waals surface area contributed by atoms with Gasteiger partial charge in [0.2, 0.25) is 5.88 Å². The van der Waals surface area contributed by atoms with Crippen molar-refractivity contribution in [2.45, 2.75) is 51.9 Å². The van der Waals surface area contributed by atoms with Crippen LogP contribution in [0.1, 0.15) is 57.7 Å². The van der Waals surface area contributed by atoms with E-state index in [1.807, 2.05) is 13.0 Å². The highest BCUT2D eigenvalue weighted by molar-refractivity contribution is 5.47. The summed E-state index contributed by atoms with van der Waals surface area (Å²) in [5.41, 5.74) is 0. The number of fused-ring (bicyclic) bond motifs is 1. The molecule has 6 nitrogen and oxygen atoms in total. The van der Waals surface area contributed by atoms with E-state index in [-0.39, 0.29) is 0 Å². The van der Waals surface area contributed by atoms with Crippen molar-refractivity contribution < 1.29 is 4.74 Å². The van der Waals surface area contributed by atoms with E-state index in [2.05, 4.69) is 27.3 Å². The molecule has 0 radical (unpaired) electrons. The van der Waals surface area contributed by atoms with Crippen molar-refractivity contribution in [2.24, 2.45) is 0 Å². The first-order chi connectivity index (χ1) is 10.3. The molecule has 0 aliphatic heterocycles. The van der Waals surface area contributed by atoms with Crippen LogP contribution in [0.25, 0.3) is 5.78 Å². The van der Waals surface area contributed by atoms with Crippen LogP contribution in [0, 0.1) is 0 Å². The fourth-order valence-corrected chi connectivity index (χ4v) is 2.92. The summed E-state index contributed by atoms with van der Waals surface area (Å²) < 4.78 is 7.33. The first-order valence-electron chi connectivity index (χ1n) is 7.96. The van der Waals surface area contributed by atoms with Crippen molar-refractivity contribution in [3.8, 4) is 5.88 Å². The molecule has 1 saturated carbocycles. The minimum Gasteiger partial charge on any atom is -0.478 e. The van der Waals surface area contributed by atoms with E-state index >= 15 is 0 Å². The van der Waals surface area contributed by atoms with Gasteiger partial charge in [-0.25, -0.2) is 0 Å². The molecule has 6 heteroatoms. The highest BCUT2D eigenvalue weighted by atomic mass is 16.5. The van der Waals surface area contributed by atoms with E-state index in [4.69, 9.17) is 4.74 Å². The lowest BCUT2D eigenvalue weighted by Crippen LogP contribution is -2.08. The van der Waals surface area contributed by atoms with Gasteiger partial charge >= 0.3 is 0 Å². The maximum Gasteiger partial charge on any atom is 0.257 e. The molecule has 2 aromatic rings. The number of ether oxygens (including phenoxy) is 1. The summed E-state index contributed by atoms with van der Waals surface area (Å²) >= 11 is 0. The Kier molecular flexibility index (Phi) is 4.22. The second-order valence-electron chi connectivity index (χ2n) is 5.46. The van der Waals surface area contributed by atoms with Crippen LogP contribution >= 0.6 is 0 Å². The molecule has 2 heterocycles. The number of hydrogen-bond donors (Lipinski definition) is 1. The molecule has 0 atom stereocenters. The van der Waals surface area contributed by atoms with Crippen LogP contribution in [0.5, 0.6) is 5.88 Å². The Morgan fingerprint density at radius 3 is 2.76 bits per heavy atom. The van der Waals surface area contributed by atoms with Crippen LogP contribution in [-0.4, -0.2) is 32.7 Å². The third-order valence-corrected chi connectivity index (χ3v) is 3.93. The zero-order chi connectivity index (χ0) is 14.7. The molecule has 0 aromatic carbocycles. The predicted octanol–water partition coefficient (Wildman–Crippen LogP) is 3.00. The van der Waals surface area contributed by atoms with Crippen molar-refractivity contribution >= 4 is 11.6 Å². The molecular weight excluding hydrogens is 266 g/mol. The smallest absolute Gasteiger partial charge is 0.257 e. The van der Waals surface area contributed by atoms with Crippen LogP contribution in [-0.2, 0) is 0 Å². The van der Waals surface area contributed by atoms with E-state index < -0.39 is 0 Å². The van der Waals surface area contributed by atoms with Crippen molar-refractivity contribution in [2.75, 3.05) is 18.5 Å². The summed E-state index contributed by atoms with van der Waals surface area (Å²) in [5.74, 6) is 3.52. The molecule has 21 heavy (non-hydrogen) atoms. The Balaban J connectivity index is 1.99. The predicted molar refractivity (Wildman–Crippen MR) is 81.9 cm³/mol. The lowest BCUT2D eigenvalue weighted by molar-refractivity contribution is 0.327. The molecule has 1 N–H and O–H groups in total. The third-order valence-electron chi connectivity index (χ3n) is 3.93. The molecule has 0 amide bonds. The molecule has 0 saturated heterocycles. The lowest BCUT2D eigenvalue weighted by atomic mass is 9.89. The number of nitrogens with one attached hydrogen (secondary N) is 1. The average molecular weight is 289 g/mol. The Hall–Kier alpha value is -1.85. The average Bonchev–Trinajstić information content (AvgIpc) is 2.93. The number of nitrogens with zero attached hydrogens (tertiary/aromatic N) is 4. The molecule has 2 aromatic heterocycles. The van der Waals surface area contributed by atoms with Crippen LogP contribution in [0.2, 0.25) is 0 Å². The molecule has 0 unspecified atom stereocenters.